The van der Waals surface area contributed by atoms with Crippen molar-refractivity contribution in [3.05, 3.63) is 53.0 Å². The number of hydrazine groups is 1. The van der Waals surface area contributed by atoms with E-state index >= 15 is 0 Å². The molecule has 0 spiro atoms. The van der Waals surface area contributed by atoms with Gasteiger partial charge in [0.05, 0.1) is 11.6 Å². The second-order valence-electron chi connectivity index (χ2n) is 9.65. The number of aromatic nitrogens is 1. The van der Waals surface area contributed by atoms with Crippen molar-refractivity contribution in [3.63, 3.8) is 0 Å². The maximum Gasteiger partial charge on any atom is 0.260 e. The molecule has 38 heavy (non-hydrogen) atoms. The Morgan fingerprint density at radius 3 is 2.63 bits per heavy atom. The standard InChI is InChI=1S/C26H36N4O6S2/c1-19(2)18-26(38(3,33)34,25(32)29-28-20-10-5-4-6-11-20)21(12-9-13-22-27-15-17-37-22)24(31)30-36-23-14-7-8-16-35-23/h4-6,9-11,13,15,17,19,21,23,28H,7-8,12,14,16,18H2,1-3H3,(H,29,32)(H,30,31)/t21-,23?,26+/m0/s1. The maximum atomic E-state index is 13.8. The number of hydroxylamine groups is 1. The molecule has 2 amide bonds. The fourth-order valence-electron chi connectivity index (χ4n) is 4.46. The minimum atomic E-state index is -4.14. The van der Waals surface area contributed by atoms with Crippen molar-refractivity contribution < 1.29 is 27.6 Å². The third kappa shape index (κ3) is 7.85. The van der Waals surface area contributed by atoms with Crippen LogP contribution in [0.4, 0.5) is 5.69 Å². The molecule has 208 valence electrons. The molecule has 1 aromatic heterocycles. The molecule has 1 aliphatic heterocycles. The first-order valence-electron chi connectivity index (χ1n) is 12.6. The maximum absolute atomic E-state index is 13.8. The molecule has 10 nitrogen and oxygen atoms in total. The number of hydrogen-bond acceptors (Lipinski definition) is 9. The molecular formula is C26H36N4O6S2. The number of sulfone groups is 1. The molecule has 1 aromatic carbocycles. The quantitative estimate of drug-likeness (QED) is 0.313. The number of nitrogens with zero attached hydrogens (tertiary/aromatic N) is 1. The molecule has 3 atom stereocenters. The van der Waals surface area contributed by atoms with E-state index in [1.54, 1.807) is 42.6 Å². The number of allylic oxidation sites excluding steroid dienone is 1. The average Bonchev–Trinajstić information content (AvgIpc) is 3.41. The summed E-state index contributed by atoms with van der Waals surface area (Å²) >= 11 is 1.40. The lowest BCUT2D eigenvalue weighted by Gasteiger charge is -2.38. The van der Waals surface area contributed by atoms with E-state index in [-0.39, 0.29) is 18.8 Å². The minimum absolute atomic E-state index is 0.0428. The van der Waals surface area contributed by atoms with E-state index < -0.39 is 38.6 Å². The third-order valence-corrected chi connectivity index (χ3v) is 8.94. The van der Waals surface area contributed by atoms with Crippen LogP contribution < -0.4 is 16.3 Å². The van der Waals surface area contributed by atoms with Gasteiger partial charge in [0.2, 0.25) is 5.91 Å². The monoisotopic (exact) mass is 564 g/mol. The molecule has 2 heterocycles. The summed E-state index contributed by atoms with van der Waals surface area (Å²) in [6.45, 7) is 4.13. The van der Waals surface area contributed by atoms with Gasteiger partial charge in [0.25, 0.3) is 5.91 Å². The number of thiazole rings is 1. The largest absolute Gasteiger partial charge is 0.350 e. The first-order chi connectivity index (χ1) is 18.1. The van der Waals surface area contributed by atoms with Crippen molar-refractivity contribution in [1.82, 2.24) is 15.9 Å². The summed E-state index contributed by atoms with van der Waals surface area (Å²) in [5, 5.41) is 2.50. The minimum Gasteiger partial charge on any atom is -0.350 e. The van der Waals surface area contributed by atoms with Crippen LogP contribution in [0.3, 0.4) is 0 Å². The number of carbonyl (C=O) groups is 2. The van der Waals surface area contributed by atoms with Gasteiger partial charge in [0.1, 0.15) is 5.01 Å². The van der Waals surface area contributed by atoms with E-state index in [4.69, 9.17) is 9.57 Å². The Bertz CT molecular complexity index is 1170. The Morgan fingerprint density at radius 1 is 1.26 bits per heavy atom. The lowest BCUT2D eigenvalue weighted by molar-refractivity contribution is -0.202. The second kappa shape index (κ2) is 13.8. The summed E-state index contributed by atoms with van der Waals surface area (Å²) in [6, 6.07) is 8.82. The molecule has 1 aliphatic rings. The number of nitrogens with one attached hydrogen (secondary N) is 3. The molecule has 0 saturated carbocycles. The highest BCUT2D eigenvalue weighted by molar-refractivity contribution is 7.93. The van der Waals surface area contributed by atoms with Crippen LogP contribution in [0.25, 0.3) is 6.08 Å². The van der Waals surface area contributed by atoms with Gasteiger partial charge in [-0.25, -0.2) is 23.7 Å². The van der Waals surface area contributed by atoms with Crippen LogP contribution >= 0.6 is 11.3 Å². The van der Waals surface area contributed by atoms with Crippen LogP contribution in [0.5, 0.6) is 0 Å². The van der Waals surface area contributed by atoms with Gasteiger partial charge in [-0.15, -0.1) is 11.3 Å². The fraction of sp³-hybridized carbons (Fsp3) is 0.500. The molecule has 3 rings (SSSR count). The van der Waals surface area contributed by atoms with Gasteiger partial charge in [0.15, 0.2) is 20.9 Å². The SMILES string of the molecule is CC(C)C[C@](C(=O)NNc1ccccc1)([C@@H](CC=Cc1nccs1)C(=O)NOC1CCCCO1)S(C)(=O)=O. The van der Waals surface area contributed by atoms with E-state index in [0.29, 0.717) is 23.7 Å². The molecule has 1 fully saturated rings. The number of benzene rings is 1. The van der Waals surface area contributed by atoms with Gasteiger partial charge < -0.3 is 4.74 Å². The highest BCUT2D eigenvalue weighted by Crippen LogP contribution is 2.37. The first kappa shape index (κ1) is 29.8. The van der Waals surface area contributed by atoms with Gasteiger partial charge in [-0.05, 0) is 49.8 Å². The zero-order valence-electron chi connectivity index (χ0n) is 21.9. The van der Waals surface area contributed by atoms with Crippen LogP contribution in [0.2, 0.25) is 0 Å². The molecule has 1 saturated heterocycles. The van der Waals surface area contributed by atoms with Crippen molar-refractivity contribution in [2.24, 2.45) is 11.8 Å². The lowest BCUT2D eigenvalue weighted by atomic mass is 9.81. The van der Waals surface area contributed by atoms with Crippen LogP contribution in [0.15, 0.2) is 48.0 Å². The Hall–Kier alpha value is -2.80. The predicted molar refractivity (Wildman–Crippen MR) is 147 cm³/mol. The number of carbonyl (C=O) groups excluding carboxylic acids is 2. The average molecular weight is 565 g/mol. The number of rotatable bonds is 13. The summed E-state index contributed by atoms with van der Waals surface area (Å²) in [5.41, 5.74) is 8.29. The lowest BCUT2D eigenvalue weighted by Crippen LogP contribution is -2.62. The Morgan fingerprint density at radius 2 is 2.03 bits per heavy atom. The van der Waals surface area contributed by atoms with E-state index in [9.17, 15) is 18.0 Å². The number of amides is 2. The molecule has 0 bridgehead atoms. The molecule has 0 aliphatic carbocycles. The molecule has 0 radical (unpaired) electrons. The zero-order chi connectivity index (χ0) is 27.6. The Kier molecular flexibility index (Phi) is 10.8. The highest BCUT2D eigenvalue weighted by atomic mass is 32.2. The van der Waals surface area contributed by atoms with Gasteiger partial charge >= 0.3 is 0 Å². The summed E-state index contributed by atoms with van der Waals surface area (Å²) in [4.78, 5) is 37.2. The second-order valence-corrected chi connectivity index (χ2v) is 12.8. The van der Waals surface area contributed by atoms with Gasteiger partial charge in [-0.3, -0.25) is 20.4 Å². The topological polar surface area (TPSA) is 136 Å². The Balaban J connectivity index is 1.96. The van der Waals surface area contributed by atoms with E-state index in [1.807, 2.05) is 25.3 Å². The van der Waals surface area contributed by atoms with Gasteiger partial charge in [0, 0.05) is 30.9 Å². The van der Waals surface area contributed by atoms with Crippen molar-refractivity contribution in [2.45, 2.75) is 57.0 Å². The fourth-order valence-corrected chi connectivity index (χ4v) is 6.77. The normalized spacial score (nSPS) is 18.6. The third-order valence-electron chi connectivity index (χ3n) is 6.24. The Labute approximate surface area is 228 Å². The van der Waals surface area contributed by atoms with Crippen LogP contribution in [0, 0.1) is 11.8 Å². The van der Waals surface area contributed by atoms with Crippen molar-refractivity contribution in [2.75, 3.05) is 18.3 Å². The highest BCUT2D eigenvalue weighted by Gasteiger charge is 2.57. The number of para-hydroxylation sites is 1. The summed E-state index contributed by atoms with van der Waals surface area (Å²) in [7, 11) is -4.14. The van der Waals surface area contributed by atoms with Crippen molar-refractivity contribution >= 4 is 44.8 Å². The summed E-state index contributed by atoms with van der Waals surface area (Å²) in [5.74, 6) is -3.08. The van der Waals surface area contributed by atoms with Gasteiger partial charge in [-0.2, -0.15) is 0 Å². The molecule has 1 unspecified atom stereocenters. The summed E-state index contributed by atoms with van der Waals surface area (Å²) < 4.78 is 30.5. The predicted octanol–water partition coefficient (Wildman–Crippen LogP) is 3.71. The smallest absolute Gasteiger partial charge is 0.260 e. The number of anilines is 1. The van der Waals surface area contributed by atoms with Crippen LogP contribution in [0.1, 0.15) is 51.0 Å². The van der Waals surface area contributed by atoms with Gasteiger partial charge in [-0.1, -0.05) is 38.1 Å². The molecule has 3 N–H and O–H groups in total. The first-order valence-corrected chi connectivity index (χ1v) is 15.3. The molecule has 12 heteroatoms. The van der Waals surface area contributed by atoms with E-state index in [1.165, 1.54) is 11.3 Å². The summed E-state index contributed by atoms with van der Waals surface area (Å²) in [6.07, 6.45) is 7.63. The van der Waals surface area contributed by atoms with Crippen molar-refractivity contribution in [3.8, 4) is 0 Å². The van der Waals surface area contributed by atoms with E-state index in [0.717, 1.165) is 19.1 Å². The van der Waals surface area contributed by atoms with E-state index in [2.05, 4.69) is 21.3 Å². The van der Waals surface area contributed by atoms with Crippen LogP contribution in [-0.2, 0) is 29.0 Å². The number of ether oxygens (including phenoxy) is 1. The molecule has 2 aromatic rings. The molecular weight excluding hydrogens is 528 g/mol. The zero-order valence-corrected chi connectivity index (χ0v) is 23.5. The van der Waals surface area contributed by atoms with Crippen LogP contribution in [-0.4, -0.2) is 49.1 Å². The van der Waals surface area contributed by atoms with Crippen molar-refractivity contribution in [1.29, 1.82) is 0 Å². The number of hydrogen-bond donors (Lipinski definition) is 3.